The van der Waals surface area contributed by atoms with Crippen LogP contribution in [0.4, 0.5) is 0 Å². The summed E-state index contributed by atoms with van der Waals surface area (Å²) in [5.41, 5.74) is -0.357. The number of rotatable bonds is 6. The number of aliphatic hydroxyl groups excluding tert-OH is 1. The third-order valence-electron chi connectivity index (χ3n) is 5.80. The Morgan fingerprint density at radius 1 is 1.09 bits per heavy atom. The van der Waals surface area contributed by atoms with Gasteiger partial charge < -0.3 is 19.9 Å². The Morgan fingerprint density at radius 2 is 1.83 bits per heavy atom. The van der Waals surface area contributed by atoms with Gasteiger partial charge in [0.15, 0.2) is 0 Å². The number of hydrogen-bond acceptors (Lipinski definition) is 5. The summed E-state index contributed by atoms with van der Waals surface area (Å²) in [6, 6.07) is 0. The smallest absolute Gasteiger partial charge is 0.222 e. The molecule has 0 aromatic rings. The zero-order chi connectivity index (χ0) is 16.2. The fourth-order valence-corrected chi connectivity index (χ4v) is 4.49. The highest BCUT2D eigenvalue weighted by Gasteiger charge is 2.43. The van der Waals surface area contributed by atoms with Crippen LogP contribution in [-0.4, -0.2) is 73.1 Å². The molecule has 0 aromatic carbocycles. The molecule has 2 heterocycles. The quantitative estimate of drug-likeness (QED) is 0.751. The maximum atomic E-state index is 12.8. The minimum atomic E-state index is -0.364. The van der Waals surface area contributed by atoms with E-state index in [-0.39, 0.29) is 23.6 Å². The van der Waals surface area contributed by atoms with Crippen LogP contribution in [0.2, 0.25) is 0 Å². The molecule has 3 rings (SSSR count). The predicted molar refractivity (Wildman–Crippen MR) is 86.2 cm³/mol. The lowest BCUT2D eigenvalue weighted by molar-refractivity contribution is -0.127. The number of carbonyl (C=O) groups is 1. The molecule has 23 heavy (non-hydrogen) atoms. The number of morpholine rings is 1. The van der Waals surface area contributed by atoms with E-state index in [9.17, 15) is 9.90 Å². The normalized spacial score (nSPS) is 31.3. The first-order chi connectivity index (χ1) is 11.2. The van der Waals surface area contributed by atoms with Crippen molar-refractivity contribution in [3.63, 3.8) is 0 Å². The maximum Gasteiger partial charge on any atom is 0.222 e. The second-order valence-corrected chi connectivity index (χ2v) is 7.31. The summed E-state index contributed by atoms with van der Waals surface area (Å²) in [5, 5.41) is 12.5. The Hall–Kier alpha value is -0.690. The molecule has 6 nitrogen and oxygen atoms in total. The summed E-state index contributed by atoms with van der Waals surface area (Å²) in [6.45, 7) is 4.66. The van der Waals surface area contributed by atoms with Gasteiger partial charge in [-0.3, -0.25) is 9.69 Å². The summed E-state index contributed by atoms with van der Waals surface area (Å²) in [6.07, 6.45) is 6.53. The van der Waals surface area contributed by atoms with Crippen LogP contribution in [0.15, 0.2) is 0 Å². The predicted octanol–water partition coefficient (Wildman–Crippen LogP) is 0.679. The van der Waals surface area contributed by atoms with Crippen LogP contribution in [-0.2, 0) is 14.3 Å². The van der Waals surface area contributed by atoms with Gasteiger partial charge in [0.05, 0.1) is 25.4 Å². The Morgan fingerprint density at radius 3 is 2.43 bits per heavy atom. The minimum Gasteiger partial charge on any atom is -0.396 e. The highest BCUT2D eigenvalue weighted by molar-refractivity contribution is 5.78. The van der Waals surface area contributed by atoms with Gasteiger partial charge in [-0.25, -0.2) is 0 Å². The lowest BCUT2D eigenvalue weighted by atomic mass is 9.88. The van der Waals surface area contributed by atoms with E-state index in [0.717, 1.165) is 45.6 Å². The lowest BCUT2D eigenvalue weighted by Crippen LogP contribution is -2.56. The average molecular weight is 326 g/mol. The summed E-state index contributed by atoms with van der Waals surface area (Å²) in [4.78, 5) is 15.3. The second-order valence-electron chi connectivity index (χ2n) is 7.31. The second kappa shape index (κ2) is 7.47. The SMILES string of the molecule is O=C(CC1(N2CCOCC2)CCCC1)N[C@]1(CCO)CCOC1. The summed E-state index contributed by atoms with van der Waals surface area (Å²) in [5.74, 6) is 0.109. The van der Waals surface area contributed by atoms with Gasteiger partial charge >= 0.3 is 0 Å². The van der Waals surface area contributed by atoms with Crippen molar-refractivity contribution in [2.75, 3.05) is 46.1 Å². The first kappa shape index (κ1) is 17.1. The molecular weight excluding hydrogens is 296 g/mol. The Balaban J connectivity index is 1.64. The van der Waals surface area contributed by atoms with Crippen LogP contribution in [0, 0.1) is 0 Å². The molecule has 2 N–H and O–H groups in total. The van der Waals surface area contributed by atoms with E-state index in [1.165, 1.54) is 12.8 Å². The van der Waals surface area contributed by atoms with E-state index in [1.54, 1.807) is 0 Å². The van der Waals surface area contributed by atoms with Crippen LogP contribution in [0.3, 0.4) is 0 Å². The van der Waals surface area contributed by atoms with Crippen LogP contribution in [0.1, 0.15) is 44.9 Å². The molecule has 0 spiro atoms. The van der Waals surface area contributed by atoms with Crippen LogP contribution in [0.25, 0.3) is 0 Å². The van der Waals surface area contributed by atoms with E-state index in [1.807, 2.05) is 0 Å². The van der Waals surface area contributed by atoms with Gasteiger partial charge in [-0.1, -0.05) is 12.8 Å². The maximum absolute atomic E-state index is 12.8. The fourth-order valence-electron chi connectivity index (χ4n) is 4.49. The lowest BCUT2D eigenvalue weighted by Gasteiger charge is -2.43. The van der Waals surface area contributed by atoms with Gasteiger partial charge in [0, 0.05) is 38.3 Å². The minimum absolute atomic E-state index is 0.00767. The standard InChI is InChI=1S/C17H30N2O4/c20-9-5-16(6-10-23-14-16)18-15(21)13-17(3-1-2-4-17)19-7-11-22-12-8-19/h20H,1-14H2,(H,18,21)/t16-/m1/s1. The average Bonchev–Trinajstić information content (AvgIpc) is 3.19. The molecule has 132 valence electrons. The number of ether oxygens (including phenoxy) is 2. The van der Waals surface area contributed by atoms with Gasteiger partial charge in [-0.15, -0.1) is 0 Å². The molecule has 1 aliphatic carbocycles. The van der Waals surface area contributed by atoms with E-state index in [0.29, 0.717) is 26.1 Å². The molecule has 1 amide bonds. The first-order valence-electron chi connectivity index (χ1n) is 9.01. The van der Waals surface area contributed by atoms with E-state index < -0.39 is 0 Å². The number of hydrogen-bond donors (Lipinski definition) is 2. The van der Waals surface area contributed by atoms with E-state index in [4.69, 9.17) is 9.47 Å². The zero-order valence-electron chi connectivity index (χ0n) is 14.0. The van der Waals surface area contributed by atoms with Gasteiger partial charge in [-0.05, 0) is 25.7 Å². The van der Waals surface area contributed by atoms with Crippen molar-refractivity contribution in [3.05, 3.63) is 0 Å². The van der Waals surface area contributed by atoms with Gasteiger partial charge in [-0.2, -0.15) is 0 Å². The summed E-state index contributed by atoms with van der Waals surface area (Å²) < 4.78 is 11.0. The zero-order valence-corrected chi connectivity index (χ0v) is 14.0. The molecule has 0 radical (unpaired) electrons. The number of aliphatic hydroxyl groups is 1. The van der Waals surface area contributed by atoms with Crippen LogP contribution < -0.4 is 5.32 Å². The van der Waals surface area contributed by atoms with E-state index in [2.05, 4.69) is 10.2 Å². The number of amides is 1. The molecule has 0 unspecified atom stereocenters. The molecule has 2 saturated heterocycles. The molecule has 0 aromatic heterocycles. The molecular formula is C17H30N2O4. The van der Waals surface area contributed by atoms with Crippen LogP contribution >= 0.6 is 0 Å². The largest absolute Gasteiger partial charge is 0.396 e. The fraction of sp³-hybridized carbons (Fsp3) is 0.941. The van der Waals surface area contributed by atoms with Crippen molar-refractivity contribution in [3.8, 4) is 0 Å². The topological polar surface area (TPSA) is 71.0 Å². The molecule has 1 saturated carbocycles. The van der Waals surface area contributed by atoms with Crippen molar-refractivity contribution in [2.24, 2.45) is 0 Å². The highest BCUT2D eigenvalue weighted by atomic mass is 16.5. The van der Waals surface area contributed by atoms with Gasteiger partial charge in [0.1, 0.15) is 0 Å². The highest BCUT2D eigenvalue weighted by Crippen LogP contribution is 2.39. The molecule has 1 atom stereocenters. The van der Waals surface area contributed by atoms with Crippen molar-refractivity contribution in [2.45, 2.75) is 56.0 Å². The van der Waals surface area contributed by atoms with E-state index >= 15 is 0 Å². The van der Waals surface area contributed by atoms with Crippen molar-refractivity contribution in [1.82, 2.24) is 10.2 Å². The number of nitrogens with zero attached hydrogens (tertiary/aromatic N) is 1. The Labute approximate surface area is 138 Å². The molecule has 3 aliphatic rings. The van der Waals surface area contributed by atoms with Crippen molar-refractivity contribution >= 4 is 5.91 Å². The third kappa shape index (κ3) is 3.87. The van der Waals surface area contributed by atoms with Crippen molar-refractivity contribution < 1.29 is 19.4 Å². The number of carbonyl (C=O) groups excluding carboxylic acids is 1. The Bertz CT molecular complexity index is 397. The Kier molecular flexibility index (Phi) is 5.57. The van der Waals surface area contributed by atoms with Gasteiger partial charge in [0.2, 0.25) is 5.91 Å². The van der Waals surface area contributed by atoms with Crippen LogP contribution in [0.5, 0.6) is 0 Å². The molecule has 2 aliphatic heterocycles. The first-order valence-corrected chi connectivity index (χ1v) is 9.01. The van der Waals surface area contributed by atoms with Gasteiger partial charge in [0.25, 0.3) is 0 Å². The molecule has 0 bridgehead atoms. The summed E-state index contributed by atoms with van der Waals surface area (Å²) >= 11 is 0. The summed E-state index contributed by atoms with van der Waals surface area (Å²) in [7, 11) is 0. The molecule has 6 heteroatoms. The van der Waals surface area contributed by atoms with Crippen molar-refractivity contribution in [1.29, 1.82) is 0 Å². The monoisotopic (exact) mass is 326 g/mol. The number of nitrogens with one attached hydrogen (secondary N) is 1. The third-order valence-corrected chi connectivity index (χ3v) is 5.80. The molecule has 3 fully saturated rings.